The monoisotopic (exact) mass is 338 g/mol. The molecule has 0 atom stereocenters. The third-order valence-electron chi connectivity index (χ3n) is 1.65. The second kappa shape index (κ2) is 24.8. The summed E-state index contributed by atoms with van der Waals surface area (Å²) in [6, 6.07) is 10.0. The zero-order valence-electron chi connectivity index (χ0n) is 14.5. The molecule has 3 nitrogen and oxygen atoms in total. The minimum Gasteiger partial charge on any atom is -0.396 e. The maximum absolute atomic E-state index is 8.14. The van der Waals surface area contributed by atoms with E-state index in [2.05, 4.69) is 0 Å². The SMILES string of the molecule is CC(C)CO.CC(C)CO.CC(C)CO.[V].c1cc[cH-]c1. The van der Waals surface area contributed by atoms with E-state index in [-0.39, 0.29) is 18.6 Å². The summed E-state index contributed by atoms with van der Waals surface area (Å²) in [6.07, 6.45) is 0. The van der Waals surface area contributed by atoms with Crippen molar-refractivity contribution in [3.8, 4) is 0 Å². The number of aliphatic hydroxyl groups excluding tert-OH is 3. The normalized spacial score (nSPS) is 8.76. The molecule has 0 aliphatic carbocycles. The van der Waals surface area contributed by atoms with Crippen molar-refractivity contribution in [1.82, 2.24) is 0 Å². The van der Waals surface area contributed by atoms with Crippen LogP contribution in [0, 0.1) is 17.8 Å². The molecule has 127 valence electrons. The first-order chi connectivity index (χ1) is 9.31. The molecule has 3 N–H and O–H groups in total. The molecule has 1 rings (SSSR count). The van der Waals surface area contributed by atoms with Gasteiger partial charge in [-0.15, -0.1) is 0 Å². The van der Waals surface area contributed by atoms with Crippen molar-refractivity contribution in [1.29, 1.82) is 0 Å². The smallest absolute Gasteiger partial charge is 0.0453 e. The summed E-state index contributed by atoms with van der Waals surface area (Å²) in [5.74, 6) is 1.32. The molecule has 0 heterocycles. The van der Waals surface area contributed by atoms with Crippen LogP contribution >= 0.6 is 0 Å². The van der Waals surface area contributed by atoms with Gasteiger partial charge in [-0.1, -0.05) is 41.5 Å². The van der Waals surface area contributed by atoms with Gasteiger partial charge in [0.05, 0.1) is 0 Å². The third-order valence-corrected chi connectivity index (χ3v) is 1.65. The first-order valence-corrected chi connectivity index (χ1v) is 7.30. The maximum atomic E-state index is 8.14. The number of hydrogen-bond donors (Lipinski definition) is 3. The van der Waals surface area contributed by atoms with Crippen molar-refractivity contribution in [2.24, 2.45) is 17.8 Å². The second-order valence-electron chi connectivity index (χ2n) is 5.69. The van der Waals surface area contributed by atoms with E-state index in [0.29, 0.717) is 37.6 Å². The zero-order valence-corrected chi connectivity index (χ0v) is 15.9. The van der Waals surface area contributed by atoms with Crippen LogP contribution in [-0.4, -0.2) is 35.1 Å². The Balaban J connectivity index is -0.0000000903. The third kappa shape index (κ3) is 53.8. The average Bonchev–Trinajstić information content (AvgIpc) is 2.99. The minimum atomic E-state index is 0. The van der Waals surface area contributed by atoms with Crippen LogP contribution in [0.2, 0.25) is 0 Å². The topological polar surface area (TPSA) is 60.7 Å². The summed E-state index contributed by atoms with van der Waals surface area (Å²) in [5, 5.41) is 24.4. The van der Waals surface area contributed by atoms with E-state index in [1.165, 1.54) is 0 Å². The van der Waals surface area contributed by atoms with Crippen LogP contribution < -0.4 is 0 Å². The Morgan fingerprint density at radius 2 is 0.857 bits per heavy atom. The molecular weight excluding hydrogens is 303 g/mol. The molecule has 0 bridgehead atoms. The van der Waals surface area contributed by atoms with E-state index in [1.807, 2.05) is 71.9 Å². The molecule has 0 saturated carbocycles. The molecule has 1 radical (unpaired) electrons. The van der Waals surface area contributed by atoms with Crippen LogP contribution in [0.25, 0.3) is 0 Å². The van der Waals surface area contributed by atoms with Crippen molar-refractivity contribution in [3.05, 3.63) is 30.3 Å². The molecule has 1 aromatic rings. The average molecular weight is 338 g/mol. The molecule has 0 amide bonds. The Kier molecular flexibility index (Phi) is 34.1. The molecule has 4 heteroatoms. The van der Waals surface area contributed by atoms with Crippen molar-refractivity contribution < 1.29 is 33.9 Å². The molecule has 1 aromatic carbocycles. The second-order valence-corrected chi connectivity index (χ2v) is 5.69. The van der Waals surface area contributed by atoms with Gasteiger partial charge in [-0.3, -0.25) is 0 Å². The predicted octanol–water partition coefficient (Wildman–Crippen LogP) is 3.31. The molecule has 0 aromatic heterocycles. The molecule has 0 unspecified atom stereocenters. The van der Waals surface area contributed by atoms with Gasteiger partial charge in [-0.25, -0.2) is 12.1 Å². The Morgan fingerprint density at radius 1 is 0.667 bits per heavy atom. The maximum Gasteiger partial charge on any atom is 0.0453 e. The summed E-state index contributed by atoms with van der Waals surface area (Å²) < 4.78 is 0. The molecule has 0 aliphatic rings. The summed E-state index contributed by atoms with van der Waals surface area (Å²) in [7, 11) is 0. The Labute approximate surface area is 143 Å². The van der Waals surface area contributed by atoms with Crippen molar-refractivity contribution in [3.63, 3.8) is 0 Å². The van der Waals surface area contributed by atoms with E-state index in [1.54, 1.807) is 0 Å². The van der Waals surface area contributed by atoms with Crippen molar-refractivity contribution >= 4 is 0 Å². The van der Waals surface area contributed by atoms with Gasteiger partial charge in [0.25, 0.3) is 0 Å². The van der Waals surface area contributed by atoms with Crippen LogP contribution in [0.3, 0.4) is 0 Å². The first-order valence-electron chi connectivity index (χ1n) is 7.30. The Hall–Kier alpha value is -0.186. The van der Waals surface area contributed by atoms with E-state index in [4.69, 9.17) is 15.3 Å². The molecule has 0 fully saturated rings. The molecule has 0 aliphatic heterocycles. The van der Waals surface area contributed by atoms with E-state index in [0.717, 1.165) is 0 Å². The quantitative estimate of drug-likeness (QED) is 0.741. The van der Waals surface area contributed by atoms with Gasteiger partial charge in [0.1, 0.15) is 0 Å². The van der Waals surface area contributed by atoms with E-state index in [9.17, 15) is 0 Å². The number of rotatable bonds is 3. The van der Waals surface area contributed by atoms with Gasteiger partial charge in [0, 0.05) is 38.4 Å². The number of aliphatic hydroxyl groups is 3. The fourth-order valence-electron chi connectivity index (χ4n) is 0.321. The summed E-state index contributed by atoms with van der Waals surface area (Å²) in [5.41, 5.74) is 0. The van der Waals surface area contributed by atoms with Gasteiger partial charge in [-0.2, -0.15) is 18.2 Å². The van der Waals surface area contributed by atoms with Crippen LogP contribution in [0.1, 0.15) is 41.5 Å². The van der Waals surface area contributed by atoms with Crippen LogP contribution in [0.5, 0.6) is 0 Å². The van der Waals surface area contributed by atoms with E-state index < -0.39 is 0 Å². The Morgan fingerprint density at radius 3 is 0.905 bits per heavy atom. The van der Waals surface area contributed by atoms with Crippen LogP contribution in [0.4, 0.5) is 0 Å². The van der Waals surface area contributed by atoms with Gasteiger partial charge >= 0.3 is 0 Å². The summed E-state index contributed by atoms with van der Waals surface area (Å²) in [4.78, 5) is 0. The summed E-state index contributed by atoms with van der Waals surface area (Å²) in [6.45, 7) is 12.7. The van der Waals surface area contributed by atoms with Crippen LogP contribution in [-0.2, 0) is 18.6 Å². The van der Waals surface area contributed by atoms with Gasteiger partial charge in [-0.05, 0) is 17.8 Å². The molecular formula is C17H35O3V-. The van der Waals surface area contributed by atoms with E-state index >= 15 is 0 Å². The molecule has 0 spiro atoms. The van der Waals surface area contributed by atoms with Gasteiger partial charge in [0.15, 0.2) is 0 Å². The van der Waals surface area contributed by atoms with Gasteiger partial charge in [0.2, 0.25) is 0 Å². The standard InChI is InChI=1S/C5H5.3C4H10O.V/c1-2-4-5-3-1;3*1-4(2)3-5;/h1-5H;3*4-5H,3H2,1-2H3;/q-1;;;;. The predicted molar refractivity (Wildman–Crippen MR) is 87.8 cm³/mol. The fraction of sp³-hybridized carbons (Fsp3) is 0.706. The Bertz CT molecular complexity index is 186. The van der Waals surface area contributed by atoms with Crippen LogP contribution in [0.15, 0.2) is 30.3 Å². The minimum absolute atomic E-state index is 0. The van der Waals surface area contributed by atoms with Gasteiger partial charge < -0.3 is 15.3 Å². The summed E-state index contributed by atoms with van der Waals surface area (Å²) >= 11 is 0. The largest absolute Gasteiger partial charge is 0.396 e. The van der Waals surface area contributed by atoms with Crippen molar-refractivity contribution in [2.45, 2.75) is 41.5 Å². The first kappa shape index (κ1) is 28.9. The molecule has 21 heavy (non-hydrogen) atoms. The zero-order chi connectivity index (χ0) is 16.4. The number of hydrogen-bond acceptors (Lipinski definition) is 3. The fourth-order valence-corrected chi connectivity index (χ4v) is 0.321. The van der Waals surface area contributed by atoms with Crippen molar-refractivity contribution in [2.75, 3.05) is 19.8 Å². The molecule has 0 saturated heterocycles.